The van der Waals surface area contributed by atoms with Crippen LogP contribution in [0.5, 0.6) is 0 Å². The molecular formula is C12H9N3O3. The molecular weight excluding hydrogens is 234 g/mol. The summed E-state index contributed by atoms with van der Waals surface area (Å²) < 4.78 is 5.24. The van der Waals surface area contributed by atoms with Crippen LogP contribution in [0.1, 0.15) is 12.5 Å². The van der Waals surface area contributed by atoms with E-state index < -0.39 is 4.92 Å². The fraction of sp³-hybridized carbons (Fsp3) is 0.167. The van der Waals surface area contributed by atoms with Crippen molar-refractivity contribution in [1.29, 1.82) is 10.5 Å². The van der Waals surface area contributed by atoms with Gasteiger partial charge in [-0.05, 0) is 19.1 Å². The molecule has 6 heteroatoms. The lowest BCUT2D eigenvalue weighted by Gasteiger charge is -2.08. The molecule has 0 aliphatic rings. The molecule has 0 amide bonds. The Hall–Kier alpha value is -2.86. The molecule has 0 unspecified atom stereocenters. The number of benzene rings is 1. The topological polar surface area (TPSA) is 99.9 Å². The van der Waals surface area contributed by atoms with Gasteiger partial charge in [0.05, 0.1) is 11.5 Å². The predicted octanol–water partition coefficient (Wildman–Crippen LogP) is 2.39. The van der Waals surface area contributed by atoms with Crippen LogP contribution in [-0.2, 0) is 4.74 Å². The largest absolute Gasteiger partial charge is 0.491 e. The fourth-order valence-corrected chi connectivity index (χ4v) is 1.31. The number of nitro groups is 1. The first-order valence-corrected chi connectivity index (χ1v) is 5.06. The predicted molar refractivity (Wildman–Crippen MR) is 62.9 cm³/mol. The van der Waals surface area contributed by atoms with Crippen LogP contribution in [-0.4, -0.2) is 11.5 Å². The molecule has 0 aliphatic carbocycles. The Morgan fingerprint density at radius 3 is 2.28 bits per heavy atom. The summed E-state index contributed by atoms with van der Waals surface area (Å²) in [4.78, 5) is 9.99. The van der Waals surface area contributed by atoms with Gasteiger partial charge in [0.15, 0.2) is 11.3 Å². The summed E-state index contributed by atoms with van der Waals surface area (Å²) in [5.41, 5.74) is 0.233. The van der Waals surface area contributed by atoms with Gasteiger partial charge < -0.3 is 4.74 Å². The smallest absolute Gasteiger partial charge is 0.269 e. The van der Waals surface area contributed by atoms with Gasteiger partial charge in [-0.3, -0.25) is 10.1 Å². The van der Waals surface area contributed by atoms with E-state index in [1.54, 1.807) is 19.1 Å². The molecule has 90 valence electrons. The number of nitrogens with zero attached hydrogens (tertiary/aromatic N) is 3. The molecule has 1 rings (SSSR count). The molecule has 0 saturated carbocycles. The zero-order valence-corrected chi connectivity index (χ0v) is 9.58. The summed E-state index contributed by atoms with van der Waals surface area (Å²) in [6.45, 7) is 2.01. The van der Waals surface area contributed by atoms with Crippen molar-refractivity contribution in [2.75, 3.05) is 6.61 Å². The minimum atomic E-state index is -0.524. The Bertz CT molecular complexity index is 546. The highest BCUT2D eigenvalue weighted by Crippen LogP contribution is 2.22. The van der Waals surface area contributed by atoms with Gasteiger partial charge in [-0.2, -0.15) is 10.5 Å². The monoisotopic (exact) mass is 243 g/mol. The number of allylic oxidation sites excluding steroid dienone is 1. The standard InChI is InChI=1S/C12H9N3O3/c1-2-18-12(10(7-13)8-14)9-3-5-11(6-4-9)15(16)17/h3-6H,2H2,1H3. The third-order valence-corrected chi connectivity index (χ3v) is 2.08. The molecule has 0 fully saturated rings. The van der Waals surface area contributed by atoms with E-state index in [0.29, 0.717) is 12.2 Å². The first-order chi connectivity index (χ1) is 8.63. The summed E-state index contributed by atoms with van der Waals surface area (Å²) in [6, 6.07) is 8.93. The van der Waals surface area contributed by atoms with Crippen molar-refractivity contribution in [3.05, 3.63) is 45.5 Å². The van der Waals surface area contributed by atoms with E-state index in [1.807, 2.05) is 0 Å². The highest BCUT2D eigenvalue weighted by atomic mass is 16.6. The number of nitriles is 2. The average molecular weight is 243 g/mol. The Labute approximate surface area is 103 Å². The molecule has 1 aromatic rings. The minimum Gasteiger partial charge on any atom is -0.491 e. The number of nitro benzene ring substituents is 1. The number of ether oxygens (including phenoxy) is 1. The van der Waals surface area contributed by atoms with E-state index in [1.165, 1.54) is 24.3 Å². The minimum absolute atomic E-state index is 0.0648. The van der Waals surface area contributed by atoms with Crippen molar-refractivity contribution < 1.29 is 9.66 Å². The maximum atomic E-state index is 10.5. The van der Waals surface area contributed by atoms with E-state index in [9.17, 15) is 10.1 Å². The number of hydrogen-bond donors (Lipinski definition) is 0. The summed E-state index contributed by atoms with van der Waals surface area (Å²) in [5.74, 6) is 0.136. The van der Waals surface area contributed by atoms with Crippen LogP contribution < -0.4 is 0 Å². The zero-order chi connectivity index (χ0) is 13.5. The lowest BCUT2D eigenvalue weighted by Crippen LogP contribution is -1.96. The highest BCUT2D eigenvalue weighted by molar-refractivity contribution is 5.71. The Morgan fingerprint density at radius 1 is 1.33 bits per heavy atom. The second-order valence-corrected chi connectivity index (χ2v) is 3.16. The summed E-state index contributed by atoms with van der Waals surface area (Å²) in [5, 5.41) is 28.1. The van der Waals surface area contributed by atoms with Gasteiger partial charge in [-0.1, -0.05) is 0 Å². The molecule has 6 nitrogen and oxygen atoms in total. The first kappa shape index (κ1) is 13.2. The maximum absolute atomic E-state index is 10.5. The third-order valence-electron chi connectivity index (χ3n) is 2.08. The van der Waals surface area contributed by atoms with Gasteiger partial charge in [-0.15, -0.1) is 0 Å². The number of hydrogen-bond acceptors (Lipinski definition) is 5. The molecule has 0 atom stereocenters. The molecule has 0 bridgehead atoms. The quantitative estimate of drug-likeness (QED) is 0.350. The van der Waals surface area contributed by atoms with Gasteiger partial charge in [0, 0.05) is 17.7 Å². The van der Waals surface area contributed by atoms with Crippen LogP contribution in [0.2, 0.25) is 0 Å². The normalized spacial score (nSPS) is 8.83. The second kappa shape index (κ2) is 6.02. The molecule has 1 aromatic carbocycles. The fourth-order valence-electron chi connectivity index (χ4n) is 1.31. The lowest BCUT2D eigenvalue weighted by molar-refractivity contribution is -0.384. The van der Waals surface area contributed by atoms with Gasteiger partial charge in [-0.25, -0.2) is 0 Å². The Kier molecular flexibility index (Phi) is 4.42. The SMILES string of the molecule is CCOC(=C(C#N)C#N)c1ccc([N+](=O)[O-])cc1. The maximum Gasteiger partial charge on any atom is 0.269 e. The van der Waals surface area contributed by atoms with Crippen LogP contribution in [0.3, 0.4) is 0 Å². The van der Waals surface area contributed by atoms with E-state index in [-0.39, 0.29) is 17.0 Å². The van der Waals surface area contributed by atoms with Crippen LogP contribution in [0.4, 0.5) is 5.69 Å². The van der Waals surface area contributed by atoms with Gasteiger partial charge in [0.1, 0.15) is 12.1 Å². The summed E-state index contributed by atoms with van der Waals surface area (Å²) in [6.07, 6.45) is 0. The van der Waals surface area contributed by atoms with Crippen molar-refractivity contribution in [1.82, 2.24) is 0 Å². The lowest BCUT2D eigenvalue weighted by atomic mass is 10.1. The summed E-state index contributed by atoms with van der Waals surface area (Å²) in [7, 11) is 0. The molecule has 0 radical (unpaired) electrons. The molecule has 0 aliphatic heterocycles. The number of rotatable bonds is 4. The first-order valence-electron chi connectivity index (χ1n) is 5.06. The third kappa shape index (κ3) is 2.83. The van der Waals surface area contributed by atoms with Crippen molar-refractivity contribution in [3.8, 4) is 12.1 Å². The van der Waals surface area contributed by atoms with E-state index >= 15 is 0 Å². The Balaban J connectivity index is 3.25. The van der Waals surface area contributed by atoms with Gasteiger partial charge in [0.2, 0.25) is 0 Å². The van der Waals surface area contributed by atoms with Crippen LogP contribution in [0, 0.1) is 32.8 Å². The van der Waals surface area contributed by atoms with Crippen LogP contribution in [0.15, 0.2) is 29.8 Å². The van der Waals surface area contributed by atoms with Crippen molar-refractivity contribution in [2.24, 2.45) is 0 Å². The summed E-state index contributed by atoms with van der Waals surface area (Å²) >= 11 is 0. The molecule has 0 spiro atoms. The van der Waals surface area contributed by atoms with Crippen molar-refractivity contribution in [3.63, 3.8) is 0 Å². The highest BCUT2D eigenvalue weighted by Gasteiger charge is 2.12. The van der Waals surface area contributed by atoms with E-state index in [2.05, 4.69) is 0 Å². The molecule has 0 heterocycles. The van der Waals surface area contributed by atoms with Gasteiger partial charge >= 0.3 is 0 Å². The van der Waals surface area contributed by atoms with E-state index in [0.717, 1.165) is 0 Å². The zero-order valence-electron chi connectivity index (χ0n) is 9.58. The van der Waals surface area contributed by atoms with Crippen molar-refractivity contribution >= 4 is 11.4 Å². The van der Waals surface area contributed by atoms with Gasteiger partial charge in [0.25, 0.3) is 5.69 Å². The molecule has 18 heavy (non-hydrogen) atoms. The van der Waals surface area contributed by atoms with Crippen LogP contribution in [0.25, 0.3) is 5.76 Å². The van der Waals surface area contributed by atoms with Crippen molar-refractivity contribution in [2.45, 2.75) is 6.92 Å². The number of non-ortho nitro benzene ring substituents is 1. The Morgan fingerprint density at radius 2 is 1.89 bits per heavy atom. The molecule has 0 saturated heterocycles. The molecule has 0 N–H and O–H groups in total. The van der Waals surface area contributed by atoms with Crippen LogP contribution >= 0.6 is 0 Å². The van der Waals surface area contributed by atoms with E-state index in [4.69, 9.17) is 15.3 Å². The molecule has 0 aromatic heterocycles. The average Bonchev–Trinajstić information content (AvgIpc) is 2.39. The second-order valence-electron chi connectivity index (χ2n) is 3.16.